The second-order valence-electron chi connectivity index (χ2n) is 3.62. The molecule has 1 N–H and O–H groups in total. The van der Waals surface area contributed by atoms with Crippen molar-refractivity contribution in [1.82, 2.24) is 4.98 Å². The molecule has 0 bridgehead atoms. The molecule has 0 aliphatic heterocycles. The van der Waals surface area contributed by atoms with Gasteiger partial charge in [-0.2, -0.15) is 0 Å². The highest BCUT2D eigenvalue weighted by Gasteiger charge is 2.18. The summed E-state index contributed by atoms with van der Waals surface area (Å²) >= 11 is 0. The monoisotopic (exact) mass is 231 g/mol. The van der Waals surface area contributed by atoms with Crippen molar-refractivity contribution < 1.29 is 14.3 Å². The number of nitrogens with one attached hydrogen (secondary N) is 1. The van der Waals surface area contributed by atoms with E-state index in [-0.39, 0.29) is 12.4 Å². The third kappa shape index (κ3) is 2.06. The number of benzene rings is 1. The molecule has 0 spiro atoms. The van der Waals surface area contributed by atoms with Crippen molar-refractivity contribution in [3.05, 3.63) is 35.5 Å². The normalized spacial score (nSPS) is 10.4. The van der Waals surface area contributed by atoms with Gasteiger partial charge in [0.1, 0.15) is 6.29 Å². The van der Waals surface area contributed by atoms with Crippen LogP contribution < -0.4 is 0 Å². The number of H-pyrrole nitrogens is 1. The summed E-state index contributed by atoms with van der Waals surface area (Å²) in [5.74, 6) is -0.387. The van der Waals surface area contributed by atoms with Gasteiger partial charge in [0.2, 0.25) is 0 Å². The molecule has 0 aliphatic carbocycles. The number of aromatic amines is 1. The Labute approximate surface area is 98.6 Å². The Kier molecular flexibility index (Phi) is 3.23. The summed E-state index contributed by atoms with van der Waals surface area (Å²) in [5, 5.41) is 0.794. The minimum absolute atomic E-state index is 0.183. The van der Waals surface area contributed by atoms with Gasteiger partial charge in [0.25, 0.3) is 0 Å². The Bertz CT molecular complexity index is 557. The number of esters is 1. The van der Waals surface area contributed by atoms with Crippen LogP contribution in [0.4, 0.5) is 0 Å². The summed E-state index contributed by atoms with van der Waals surface area (Å²) in [7, 11) is 0. The molecule has 0 radical (unpaired) electrons. The van der Waals surface area contributed by atoms with E-state index in [9.17, 15) is 9.59 Å². The lowest BCUT2D eigenvalue weighted by molar-refractivity contribution is -0.107. The molecule has 0 unspecified atom stereocenters. The molecule has 2 rings (SSSR count). The van der Waals surface area contributed by atoms with Gasteiger partial charge in [0.05, 0.1) is 12.2 Å². The maximum absolute atomic E-state index is 11.9. The van der Waals surface area contributed by atoms with E-state index in [0.717, 1.165) is 17.2 Å². The van der Waals surface area contributed by atoms with Crippen LogP contribution in [0.2, 0.25) is 0 Å². The number of fused-ring (bicyclic) bond motifs is 1. The Morgan fingerprint density at radius 2 is 2.18 bits per heavy atom. The average Bonchev–Trinajstić information content (AvgIpc) is 2.67. The Morgan fingerprint density at radius 1 is 1.41 bits per heavy atom. The van der Waals surface area contributed by atoms with Gasteiger partial charge < -0.3 is 14.5 Å². The fraction of sp³-hybridized carbons (Fsp3) is 0.231. The number of hydrogen-bond acceptors (Lipinski definition) is 3. The molecule has 17 heavy (non-hydrogen) atoms. The fourth-order valence-electron chi connectivity index (χ4n) is 1.87. The molecule has 0 atom stereocenters. The standard InChI is InChI=1S/C13H13NO3/c1-2-17-13(16)12-9-5-3-4-6-10(9)14-11(12)7-8-15/h3-6,8,14H,2,7H2,1H3. The summed E-state index contributed by atoms with van der Waals surface area (Å²) in [4.78, 5) is 25.5. The van der Waals surface area contributed by atoms with Gasteiger partial charge in [-0.3, -0.25) is 0 Å². The van der Waals surface area contributed by atoms with Crippen molar-refractivity contribution in [2.45, 2.75) is 13.3 Å². The molecular formula is C13H13NO3. The van der Waals surface area contributed by atoms with E-state index >= 15 is 0 Å². The van der Waals surface area contributed by atoms with Crippen LogP contribution in [0, 0.1) is 0 Å². The van der Waals surface area contributed by atoms with Crippen LogP contribution >= 0.6 is 0 Å². The molecule has 0 amide bonds. The van der Waals surface area contributed by atoms with Crippen LogP contribution in [0.15, 0.2) is 24.3 Å². The van der Waals surface area contributed by atoms with E-state index in [4.69, 9.17) is 4.74 Å². The van der Waals surface area contributed by atoms with Crippen molar-refractivity contribution in [2.24, 2.45) is 0 Å². The number of aldehydes is 1. The quantitative estimate of drug-likeness (QED) is 0.647. The largest absolute Gasteiger partial charge is 0.462 e. The minimum atomic E-state index is -0.387. The number of para-hydroxylation sites is 1. The van der Waals surface area contributed by atoms with E-state index < -0.39 is 0 Å². The van der Waals surface area contributed by atoms with Crippen molar-refractivity contribution in [2.75, 3.05) is 6.61 Å². The molecule has 2 aromatic rings. The Morgan fingerprint density at radius 3 is 2.88 bits per heavy atom. The number of rotatable bonds is 4. The van der Waals surface area contributed by atoms with Gasteiger partial charge in [-0.1, -0.05) is 18.2 Å². The van der Waals surface area contributed by atoms with Crippen molar-refractivity contribution >= 4 is 23.2 Å². The topological polar surface area (TPSA) is 59.2 Å². The first-order chi connectivity index (χ1) is 8.27. The number of carbonyl (C=O) groups excluding carboxylic acids is 2. The minimum Gasteiger partial charge on any atom is -0.462 e. The zero-order valence-corrected chi connectivity index (χ0v) is 9.53. The second kappa shape index (κ2) is 4.82. The molecule has 0 fully saturated rings. The zero-order valence-electron chi connectivity index (χ0n) is 9.53. The molecule has 0 saturated heterocycles. The summed E-state index contributed by atoms with van der Waals surface area (Å²) in [6, 6.07) is 7.43. The molecule has 88 valence electrons. The van der Waals surface area contributed by atoms with Gasteiger partial charge in [0.15, 0.2) is 0 Å². The van der Waals surface area contributed by atoms with E-state index in [0.29, 0.717) is 17.9 Å². The van der Waals surface area contributed by atoms with E-state index in [1.165, 1.54) is 0 Å². The summed E-state index contributed by atoms with van der Waals surface area (Å²) in [6.07, 6.45) is 0.955. The van der Waals surface area contributed by atoms with Gasteiger partial charge in [-0.15, -0.1) is 0 Å². The molecule has 0 aliphatic rings. The van der Waals surface area contributed by atoms with Crippen molar-refractivity contribution in [3.63, 3.8) is 0 Å². The van der Waals surface area contributed by atoms with E-state index in [2.05, 4.69) is 4.98 Å². The lowest BCUT2D eigenvalue weighted by Gasteiger charge is -2.02. The van der Waals surface area contributed by atoms with Crippen LogP contribution in [0.3, 0.4) is 0 Å². The number of aromatic nitrogens is 1. The van der Waals surface area contributed by atoms with E-state index in [1.54, 1.807) is 6.92 Å². The number of carbonyl (C=O) groups is 2. The Hall–Kier alpha value is -2.10. The van der Waals surface area contributed by atoms with Gasteiger partial charge in [-0.05, 0) is 13.0 Å². The highest BCUT2D eigenvalue weighted by atomic mass is 16.5. The fourth-order valence-corrected chi connectivity index (χ4v) is 1.87. The molecule has 1 heterocycles. The predicted molar refractivity (Wildman–Crippen MR) is 64.0 cm³/mol. The molecule has 0 saturated carbocycles. The van der Waals surface area contributed by atoms with Gasteiger partial charge >= 0.3 is 5.97 Å². The van der Waals surface area contributed by atoms with Crippen LogP contribution in [-0.2, 0) is 16.0 Å². The lowest BCUT2D eigenvalue weighted by Crippen LogP contribution is -2.07. The maximum atomic E-state index is 11.9. The van der Waals surface area contributed by atoms with Crippen molar-refractivity contribution in [3.8, 4) is 0 Å². The van der Waals surface area contributed by atoms with Crippen LogP contribution in [0.5, 0.6) is 0 Å². The zero-order chi connectivity index (χ0) is 12.3. The highest BCUT2D eigenvalue weighted by molar-refractivity contribution is 6.06. The molecule has 4 nitrogen and oxygen atoms in total. The SMILES string of the molecule is CCOC(=O)c1c(CC=O)[nH]c2ccccc12. The average molecular weight is 231 g/mol. The highest BCUT2D eigenvalue weighted by Crippen LogP contribution is 2.23. The predicted octanol–water partition coefficient (Wildman–Crippen LogP) is 2.09. The summed E-state index contributed by atoms with van der Waals surface area (Å²) < 4.78 is 5.01. The van der Waals surface area contributed by atoms with Crippen LogP contribution in [0.1, 0.15) is 23.0 Å². The van der Waals surface area contributed by atoms with Crippen molar-refractivity contribution in [1.29, 1.82) is 0 Å². The Balaban J connectivity index is 2.59. The van der Waals surface area contributed by atoms with Crippen LogP contribution in [-0.4, -0.2) is 23.8 Å². The van der Waals surface area contributed by atoms with Gasteiger partial charge in [0, 0.05) is 23.0 Å². The first-order valence-electron chi connectivity index (χ1n) is 5.48. The first-order valence-corrected chi connectivity index (χ1v) is 5.48. The van der Waals surface area contributed by atoms with Crippen LogP contribution in [0.25, 0.3) is 10.9 Å². The van der Waals surface area contributed by atoms with Gasteiger partial charge in [-0.25, -0.2) is 4.79 Å². The first kappa shape index (κ1) is 11.4. The maximum Gasteiger partial charge on any atom is 0.340 e. The smallest absolute Gasteiger partial charge is 0.340 e. The third-order valence-corrected chi connectivity index (χ3v) is 2.55. The molecule has 1 aromatic carbocycles. The lowest BCUT2D eigenvalue weighted by atomic mass is 10.1. The third-order valence-electron chi connectivity index (χ3n) is 2.55. The number of ether oxygens (including phenoxy) is 1. The number of hydrogen-bond donors (Lipinski definition) is 1. The summed E-state index contributed by atoms with van der Waals surface area (Å²) in [6.45, 7) is 2.07. The molecule has 1 aromatic heterocycles. The summed E-state index contributed by atoms with van der Waals surface area (Å²) in [5.41, 5.74) is 1.92. The molecule has 4 heteroatoms. The molecular weight excluding hydrogens is 218 g/mol. The van der Waals surface area contributed by atoms with E-state index in [1.807, 2.05) is 24.3 Å². The second-order valence-corrected chi connectivity index (χ2v) is 3.62.